The number of amides is 1. The first-order valence-electron chi connectivity index (χ1n) is 8.64. The summed E-state index contributed by atoms with van der Waals surface area (Å²) in [5.41, 5.74) is 0.733. The van der Waals surface area contributed by atoms with E-state index in [2.05, 4.69) is 5.32 Å². The van der Waals surface area contributed by atoms with E-state index in [0.717, 1.165) is 11.3 Å². The zero-order valence-electron chi connectivity index (χ0n) is 15.8. The van der Waals surface area contributed by atoms with Gasteiger partial charge in [0.05, 0.1) is 20.8 Å². The Balaban J connectivity index is 1.68. The minimum Gasteiger partial charge on any atom is -0.493 e. The highest BCUT2D eigenvalue weighted by Crippen LogP contribution is 2.27. The Labute approximate surface area is 163 Å². The standard InChI is InChI=1S/C21H23NO6/c1-25-18-10-8-16(14-19(18)26-2)9-11-21(24)28-15-20(23)22-12-13-27-17-6-4-3-5-7-17/h3-11,14H,12-13,15H2,1-2H3,(H,22,23)/b11-9+. The summed E-state index contributed by atoms with van der Waals surface area (Å²) >= 11 is 0. The number of rotatable bonds is 10. The topological polar surface area (TPSA) is 83.1 Å². The van der Waals surface area contributed by atoms with E-state index in [4.69, 9.17) is 18.9 Å². The first-order chi connectivity index (χ1) is 13.6. The minimum absolute atomic E-state index is 0.312. The molecule has 7 nitrogen and oxygen atoms in total. The van der Waals surface area contributed by atoms with Gasteiger partial charge in [-0.25, -0.2) is 4.79 Å². The summed E-state index contributed by atoms with van der Waals surface area (Å²) in [6.45, 7) is 0.274. The van der Waals surface area contributed by atoms with E-state index >= 15 is 0 Å². The molecule has 2 aromatic rings. The summed E-state index contributed by atoms with van der Waals surface area (Å²) in [6, 6.07) is 14.5. The molecule has 0 heterocycles. The fourth-order valence-corrected chi connectivity index (χ4v) is 2.23. The molecular formula is C21H23NO6. The van der Waals surface area contributed by atoms with Gasteiger partial charge in [-0.3, -0.25) is 4.79 Å². The van der Waals surface area contributed by atoms with Crippen LogP contribution in [0.1, 0.15) is 5.56 Å². The third-order valence-corrected chi connectivity index (χ3v) is 3.60. The van der Waals surface area contributed by atoms with Crippen molar-refractivity contribution in [2.24, 2.45) is 0 Å². The van der Waals surface area contributed by atoms with Crippen LogP contribution < -0.4 is 19.5 Å². The van der Waals surface area contributed by atoms with Gasteiger partial charge in [-0.2, -0.15) is 0 Å². The second-order valence-electron chi connectivity index (χ2n) is 5.57. The number of hydrogen-bond acceptors (Lipinski definition) is 6. The van der Waals surface area contributed by atoms with Gasteiger partial charge in [0, 0.05) is 6.08 Å². The van der Waals surface area contributed by atoms with Crippen molar-refractivity contribution >= 4 is 18.0 Å². The maximum atomic E-state index is 11.7. The van der Waals surface area contributed by atoms with Crippen molar-refractivity contribution in [3.05, 3.63) is 60.2 Å². The summed E-state index contributed by atoms with van der Waals surface area (Å²) in [5.74, 6) is 0.851. The Hall–Kier alpha value is -3.48. The molecule has 0 radical (unpaired) electrons. The fourth-order valence-electron chi connectivity index (χ4n) is 2.23. The van der Waals surface area contributed by atoms with Gasteiger partial charge in [-0.1, -0.05) is 24.3 Å². The number of para-hydroxylation sites is 1. The highest BCUT2D eigenvalue weighted by molar-refractivity contribution is 5.89. The van der Waals surface area contributed by atoms with Crippen LogP contribution in [0.15, 0.2) is 54.6 Å². The van der Waals surface area contributed by atoms with Gasteiger partial charge >= 0.3 is 5.97 Å². The molecule has 0 aliphatic heterocycles. The zero-order chi connectivity index (χ0) is 20.2. The van der Waals surface area contributed by atoms with Crippen LogP contribution in [0.3, 0.4) is 0 Å². The van der Waals surface area contributed by atoms with Crippen LogP contribution in [-0.4, -0.2) is 45.9 Å². The SMILES string of the molecule is COc1ccc(/C=C/C(=O)OCC(=O)NCCOc2ccccc2)cc1OC. The molecule has 1 N–H and O–H groups in total. The van der Waals surface area contributed by atoms with E-state index in [1.54, 1.807) is 31.4 Å². The lowest BCUT2D eigenvalue weighted by atomic mass is 10.2. The summed E-state index contributed by atoms with van der Waals surface area (Å²) in [4.78, 5) is 23.4. The first-order valence-corrected chi connectivity index (χ1v) is 8.64. The molecule has 0 aliphatic rings. The van der Waals surface area contributed by atoms with Crippen molar-refractivity contribution in [1.82, 2.24) is 5.32 Å². The van der Waals surface area contributed by atoms with Crippen molar-refractivity contribution in [3.63, 3.8) is 0 Å². The maximum Gasteiger partial charge on any atom is 0.331 e. The van der Waals surface area contributed by atoms with Crippen molar-refractivity contribution in [3.8, 4) is 17.2 Å². The van der Waals surface area contributed by atoms with Crippen molar-refractivity contribution < 1.29 is 28.5 Å². The number of hydrogen-bond donors (Lipinski definition) is 1. The van der Waals surface area contributed by atoms with Crippen molar-refractivity contribution in [2.75, 3.05) is 34.0 Å². The molecule has 0 saturated heterocycles. The van der Waals surface area contributed by atoms with Crippen molar-refractivity contribution in [2.45, 2.75) is 0 Å². The lowest BCUT2D eigenvalue weighted by Crippen LogP contribution is -2.31. The lowest BCUT2D eigenvalue weighted by molar-refractivity contribution is -0.143. The molecule has 2 rings (SSSR count). The Morgan fingerprint density at radius 3 is 2.46 bits per heavy atom. The van der Waals surface area contributed by atoms with Crippen LogP contribution in [0, 0.1) is 0 Å². The van der Waals surface area contributed by atoms with E-state index in [1.165, 1.54) is 13.2 Å². The molecule has 0 unspecified atom stereocenters. The van der Waals surface area contributed by atoms with Gasteiger partial charge in [-0.05, 0) is 35.9 Å². The van der Waals surface area contributed by atoms with Gasteiger partial charge in [0.15, 0.2) is 18.1 Å². The Kier molecular flexibility index (Phi) is 8.39. The van der Waals surface area contributed by atoms with E-state index in [0.29, 0.717) is 24.7 Å². The third kappa shape index (κ3) is 7.03. The number of carbonyl (C=O) groups excluding carboxylic acids is 2. The summed E-state index contributed by atoms with van der Waals surface area (Å²) in [7, 11) is 3.08. The number of ether oxygens (including phenoxy) is 4. The molecule has 148 valence electrons. The Morgan fingerprint density at radius 1 is 1.00 bits per heavy atom. The molecule has 1 amide bonds. The normalized spacial score (nSPS) is 10.4. The number of esters is 1. The molecule has 28 heavy (non-hydrogen) atoms. The molecule has 0 aromatic heterocycles. The highest BCUT2D eigenvalue weighted by Gasteiger charge is 2.06. The van der Waals surface area contributed by atoms with Gasteiger partial charge < -0.3 is 24.3 Å². The average Bonchev–Trinajstić information content (AvgIpc) is 2.74. The van der Waals surface area contributed by atoms with Crippen LogP contribution in [0.25, 0.3) is 6.08 Å². The molecule has 0 bridgehead atoms. The molecule has 0 atom stereocenters. The number of nitrogens with one attached hydrogen (secondary N) is 1. The smallest absolute Gasteiger partial charge is 0.331 e. The van der Waals surface area contributed by atoms with E-state index < -0.39 is 11.9 Å². The van der Waals surface area contributed by atoms with E-state index in [-0.39, 0.29) is 6.61 Å². The van der Waals surface area contributed by atoms with Crippen LogP contribution in [0.2, 0.25) is 0 Å². The summed E-state index contributed by atoms with van der Waals surface area (Å²) < 4.78 is 20.7. The predicted molar refractivity (Wildman–Crippen MR) is 104 cm³/mol. The van der Waals surface area contributed by atoms with E-state index in [1.807, 2.05) is 30.3 Å². The number of methoxy groups -OCH3 is 2. The van der Waals surface area contributed by atoms with Gasteiger partial charge in [-0.15, -0.1) is 0 Å². The van der Waals surface area contributed by atoms with Gasteiger partial charge in [0.1, 0.15) is 12.4 Å². The zero-order valence-corrected chi connectivity index (χ0v) is 15.8. The van der Waals surface area contributed by atoms with Crippen LogP contribution in [0.5, 0.6) is 17.2 Å². The van der Waals surface area contributed by atoms with Crippen LogP contribution in [-0.2, 0) is 14.3 Å². The summed E-state index contributed by atoms with van der Waals surface area (Å²) in [5, 5.41) is 2.61. The second kappa shape index (κ2) is 11.3. The lowest BCUT2D eigenvalue weighted by Gasteiger charge is -2.08. The molecule has 0 spiro atoms. The summed E-state index contributed by atoms with van der Waals surface area (Å²) in [6.07, 6.45) is 2.81. The predicted octanol–water partition coefficient (Wildman–Crippen LogP) is 2.46. The maximum absolute atomic E-state index is 11.7. The highest BCUT2D eigenvalue weighted by atomic mass is 16.5. The third-order valence-electron chi connectivity index (χ3n) is 3.60. The molecule has 0 aliphatic carbocycles. The van der Waals surface area contributed by atoms with Gasteiger partial charge in [0.25, 0.3) is 5.91 Å². The number of carbonyl (C=O) groups is 2. The molecule has 0 fully saturated rings. The quantitative estimate of drug-likeness (QED) is 0.384. The Bertz CT molecular complexity index is 804. The fraction of sp³-hybridized carbons (Fsp3) is 0.238. The largest absolute Gasteiger partial charge is 0.493 e. The molecular weight excluding hydrogens is 362 g/mol. The number of benzene rings is 2. The minimum atomic E-state index is -0.620. The van der Waals surface area contributed by atoms with Crippen LogP contribution >= 0.6 is 0 Å². The monoisotopic (exact) mass is 385 g/mol. The molecule has 0 saturated carbocycles. The average molecular weight is 385 g/mol. The van der Waals surface area contributed by atoms with E-state index in [9.17, 15) is 9.59 Å². The first kappa shape index (κ1) is 20.8. The van der Waals surface area contributed by atoms with Gasteiger partial charge in [0.2, 0.25) is 0 Å². The second-order valence-corrected chi connectivity index (χ2v) is 5.57. The van der Waals surface area contributed by atoms with Crippen molar-refractivity contribution in [1.29, 1.82) is 0 Å². The molecule has 7 heteroatoms. The van der Waals surface area contributed by atoms with Crippen LogP contribution in [0.4, 0.5) is 0 Å². The molecule has 2 aromatic carbocycles. The Morgan fingerprint density at radius 2 is 1.75 bits per heavy atom.